The van der Waals surface area contributed by atoms with E-state index >= 15 is 0 Å². The van der Waals surface area contributed by atoms with Crippen LogP contribution in [-0.2, 0) is 12.8 Å². The topological polar surface area (TPSA) is 52.5 Å². The summed E-state index contributed by atoms with van der Waals surface area (Å²) < 4.78 is 0. The highest BCUT2D eigenvalue weighted by Crippen LogP contribution is 2.27. The fraction of sp³-hybridized carbons (Fsp3) is 0.400. The molecule has 3 nitrogen and oxygen atoms in total. The van der Waals surface area contributed by atoms with Gasteiger partial charge in [0.2, 0.25) is 0 Å². The molecule has 1 aromatic carbocycles. The third kappa shape index (κ3) is 5.08. The van der Waals surface area contributed by atoms with E-state index in [1.54, 1.807) is 6.08 Å². The number of allylic oxidation sites excluding steroid dienone is 5. The highest BCUT2D eigenvalue weighted by Gasteiger charge is 2.30. The van der Waals surface area contributed by atoms with E-state index in [0.717, 1.165) is 31.3 Å². The zero-order chi connectivity index (χ0) is 16.7. The van der Waals surface area contributed by atoms with Crippen LogP contribution in [0.25, 0.3) is 0 Å². The molecule has 2 aliphatic rings. The molecule has 23 heavy (non-hydrogen) atoms. The van der Waals surface area contributed by atoms with Crippen LogP contribution in [0.15, 0.2) is 59.9 Å². The Morgan fingerprint density at radius 1 is 1.22 bits per heavy atom. The van der Waals surface area contributed by atoms with E-state index in [9.17, 15) is 5.11 Å². The Morgan fingerprint density at radius 2 is 1.96 bits per heavy atom. The van der Waals surface area contributed by atoms with Gasteiger partial charge in [-0.2, -0.15) is 0 Å². The third-order valence-electron chi connectivity index (χ3n) is 4.36. The molecule has 3 heteroatoms. The zero-order valence-corrected chi connectivity index (χ0v) is 14.0. The van der Waals surface area contributed by atoms with Crippen molar-refractivity contribution in [3.8, 4) is 0 Å². The average molecular weight is 313 g/mol. The predicted octanol–water partition coefficient (Wildman–Crippen LogP) is 3.46. The first-order chi connectivity index (χ1) is 11.0. The lowest BCUT2D eigenvalue weighted by Crippen LogP contribution is -2.44. The van der Waals surface area contributed by atoms with Crippen molar-refractivity contribution in [1.82, 2.24) is 5.32 Å². The summed E-state index contributed by atoms with van der Waals surface area (Å²) in [4.78, 5) is 0. The van der Waals surface area contributed by atoms with Crippen LogP contribution >= 0.6 is 0 Å². The largest absolute Gasteiger partial charge is 0.508 e. The van der Waals surface area contributed by atoms with Gasteiger partial charge in [0.1, 0.15) is 5.76 Å². The van der Waals surface area contributed by atoms with Gasteiger partial charge in [0.25, 0.3) is 0 Å². The van der Waals surface area contributed by atoms with Gasteiger partial charge in [0.05, 0.1) is 5.60 Å². The van der Waals surface area contributed by atoms with Crippen molar-refractivity contribution in [2.45, 2.75) is 38.2 Å². The molecule has 0 saturated carbocycles. The van der Waals surface area contributed by atoms with Crippen molar-refractivity contribution in [1.29, 1.82) is 0 Å². The van der Waals surface area contributed by atoms with Gasteiger partial charge >= 0.3 is 0 Å². The highest BCUT2D eigenvalue weighted by molar-refractivity contribution is 5.31. The minimum absolute atomic E-state index is 0.378. The molecule has 0 spiro atoms. The normalized spacial score (nSPS) is 22.9. The van der Waals surface area contributed by atoms with E-state index in [1.165, 1.54) is 11.1 Å². The molecule has 0 heterocycles. The van der Waals surface area contributed by atoms with E-state index < -0.39 is 5.60 Å². The number of benzene rings is 1. The Kier molecular flexibility index (Phi) is 6.20. The predicted molar refractivity (Wildman–Crippen MR) is 95.6 cm³/mol. The van der Waals surface area contributed by atoms with Gasteiger partial charge in [-0.3, -0.25) is 0 Å². The molecule has 0 radical (unpaired) electrons. The number of likely N-dealkylation sites (N-methyl/N-ethyl adjacent to an activating group) is 1. The molecular formula is C20H27NO2. The van der Waals surface area contributed by atoms with E-state index in [0.29, 0.717) is 12.3 Å². The molecule has 0 aliphatic heterocycles. The summed E-state index contributed by atoms with van der Waals surface area (Å²) in [6.45, 7) is 2.58. The first-order valence-corrected chi connectivity index (χ1v) is 8.21. The quantitative estimate of drug-likeness (QED) is 0.784. The monoisotopic (exact) mass is 313 g/mol. The van der Waals surface area contributed by atoms with Crippen LogP contribution in [0.1, 0.15) is 30.9 Å². The number of hydrogen-bond acceptors (Lipinski definition) is 3. The molecule has 3 rings (SSSR count). The second-order valence-electron chi connectivity index (χ2n) is 6.30. The van der Waals surface area contributed by atoms with Gasteiger partial charge in [-0.15, -0.1) is 0 Å². The lowest BCUT2D eigenvalue weighted by atomic mass is 9.80. The van der Waals surface area contributed by atoms with Gasteiger partial charge in [0.15, 0.2) is 0 Å². The molecule has 0 amide bonds. The van der Waals surface area contributed by atoms with E-state index in [1.807, 2.05) is 38.3 Å². The van der Waals surface area contributed by atoms with E-state index in [4.69, 9.17) is 5.11 Å². The first kappa shape index (κ1) is 17.5. The number of aliphatic hydroxyl groups excluding tert-OH is 1. The van der Waals surface area contributed by atoms with Gasteiger partial charge in [-0.1, -0.05) is 42.5 Å². The standard InChI is InChI=1S/C12H17NO.C8H10O/c1-13-9-12(14)7-6-10-4-2-3-5-11(10)8-12;1-7-5-3-2-4-6-8(7)9/h2-5,13-14H,6-9H2,1H3;2,4-6,9H,3H2,1H3/t12-;/m0./s1. The number of rotatable bonds is 2. The SMILES string of the molecule is CC1=CCC=CC=C1O.CNC[C@]1(O)CCc2ccccc2C1. The fourth-order valence-electron chi connectivity index (χ4n) is 2.98. The first-order valence-electron chi connectivity index (χ1n) is 8.21. The summed E-state index contributed by atoms with van der Waals surface area (Å²) in [5, 5.41) is 22.4. The van der Waals surface area contributed by atoms with Crippen LogP contribution in [0.3, 0.4) is 0 Å². The van der Waals surface area contributed by atoms with Crippen molar-refractivity contribution >= 4 is 0 Å². The van der Waals surface area contributed by atoms with Gasteiger partial charge in [0, 0.05) is 13.0 Å². The summed E-state index contributed by atoms with van der Waals surface area (Å²) in [5.41, 5.74) is 3.12. The number of nitrogens with one attached hydrogen (secondary N) is 1. The van der Waals surface area contributed by atoms with E-state index in [2.05, 4.69) is 23.5 Å². The van der Waals surface area contributed by atoms with Crippen molar-refractivity contribution < 1.29 is 10.2 Å². The Balaban J connectivity index is 0.000000185. The van der Waals surface area contributed by atoms with Crippen LogP contribution in [0, 0.1) is 0 Å². The molecule has 3 N–H and O–H groups in total. The van der Waals surface area contributed by atoms with Gasteiger partial charge < -0.3 is 15.5 Å². The highest BCUT2D eigenvalue weighted by atomic mass is 16.3. The number of aryl methyl sites for hydroxylation is 1. The Labute approximate surface area is 139 Å². The molecule has 1 atom stereocenters. The minimum Gasteiger partial charge on any atom is -0.508 e. The summed E-state index contributed by atoms with van der Waals surface area (Å²) in [5.74, 6) is 0.378. The Hall–Kier alpha value is -1.84. The Morgan fingerprint density at radius 3 is 2.70 bits per heavy atom. The van der Waals surface area contributed by atoms with Crippen LogP contribution in [-0.4, -0.2) is 29.4 Å². The Bertz CT molecular complexity index is 616. The van der Waals surface area contributed by atoms with E-state index in [-0.39, 0.29) is 0 Å². The third-order valence-corrected chi connectivity index (χ3v) is 4.36. The van der Waals surface area contributed by atoms with Crippen LogP contribution in [0.5, 0.6) is 0 Å². The van der Waals surface area contributed by atoms with Crippen molar-refractivity contribution in [3.05, 3.63) is 71.0 Å². The lowest BCUT2D eigenvalue weighted by Gasteiger charge is -2.33. The average Bonchev–Trinajstić information content (AvgIpc) is 2.72. The molecule has 0 saturated heterocycles. The van der Waals surface area contributed by atoms with Gasteiger partial charge in [-0.25, -0.2) is 0 Å². The van der Waals surface area contributed by atoms with Crippen LogP contribution in [0.4, 0.5) is 0 Å². The smallest absolute Gasteiger partial charge is 0.118 e. The van der Waals surface area contributed by atoms with Crippen LogP contribution in [0.2, 0.25) is 0 Å². The maximum atomic E-state index is 10.3. The second kappa shape index (κ2) is 8.14. The molecule has 0 bridgehead atoms. The minimum atomic E-state index is -0.539. The van der Waals surface area contributed by atoms with Crippen molar-refractivity contribution in [2.24, 2.45) is 0 Å². The summed E-state index contributed by atoms with van der Waals surface area (Å²) in [7, 11) is 1.89. The zero-order valence-electron chi connectivity index (χ0n) is 14.0. The molecule has 0 unspecified atom stereocenters. The summed E-state index contributed by atoms with van der Waals surface area (Å²) in [6, 6.07) is 8.40. The van der Waals surface area contributed by atoms with Gasteiger partial charge in [-0.05, 0) is 56.0 Å². The molecular weight excluding hydrogens is 286 g/mol. The molecule has 1 aromatic rings. The second-order valence-corrected chi connectivity index (χ2v) is 6.30. The summed E-state index contributed by atoms with van der Waals surface area (Å²) in [6.07, 6.45) is 11.1. The lowest BCUT2D eigenvalue weighted by molar-refractivity contribution is 0.0286. The molecule has 0 aromatic heterocycles. The fourth-order valence-corrected chi connectivity index (χ4v) is 2.98. The van der Waals surface area contributed by atoms with Crippen molar-refractivity contribution in [3.63, 3.8) is 0 Å². The van der Waals surface area contributed by atoms with Crippen molar-refractivity contribution in [2.75, 3.05) is 13.6 Å². The summed E-state index contributed by atoms with van der Waals surface area (Å²) >= 11 is 0. The maximum Gasteiger partial charge on any atom is 0.118 e. The number of hydrogen-bond donors (Lipinski definition) is 3. The number of fused-ring (bicyclic) bond motifs is 1. The molecule has 124 valence electrons. The molecule has 0 fully saturated rings. The number of aliphatic hydroxyl groups is 2. The maximum absolute atomic E-state index is 10.3. The van der Waals surface area contributed by atoms with Crippen LogP contribution < -0.4 is 5.32 Å². The molecule has 2 aliphatic carbocycles.